The van der Waals surface area contributed by atoms with Crippen LogP contribution in [-0.4, -0.2) is 25.7 Å². The molecular formula is C13H16ClN3OS. The Kier molecular flexibility index (Phi) is 3.60. The highest BCUT2D eigenvalue weighted by atomic mass is 35.5. The Balaban J connectivity index is 2.13. The summed E-state index contributed by atoms with van der Waals surface area (Å²) in [5, 5.41) is 10.9. The topological polar surface area (TPSA) is 53.8 Å². The van der Waals surface area contributed by atoms with Gasteiger partial charge in [-0.1, -0.05) is 30.9 Å². The lowest BCUT2D eigenvalue weighted by Gasteiger charge is -2.22. The summed E-state index contributed by atoms with van der Waals surface area (Å²) in [6.07, 6.45) is 6.38. The van der Waals surface area contributed by atoms with Gasteiger partial charge in [-0.2, -0.15) is 0 Å². The number of rotatable bonds is 1. The summed E-state index contributed by atoms with van der Waals surface area (Å²) >= 11 is 11.3. The molecule has 1 aliphatic carbocycles. The van der Waals surface area contributed by atoms with Crippen LogP contribution in [0.25, 0.3) is 11.2 Å². The minimum Gasteiger partial charge on any atom is -0.391 e. The van der Waals surface area contributed by atoms with Gasteiger partial charge in [-0.05, 0) is 31.1 Å². The maximum absolute atomic E-state index is 10.3. The van der Waals surface area contributed by atoms with Gasteiger partial charge >= 0.3 is 0 Å². The molecule has 2 heterocycles. The molecule has 0 amide bonds. The zero-order chi connectivity index (χ0) is 13.4. The van der Waals surface area contributed by atoms with Crippen LogP contribution in [0.3, 0.4) is 0 Å². The van der Waals surface area contributed by atoms with E-state index in [2.05, 4.69) is 9.97 Å². The van der Waals surface area contributed by atoms with E-state index < -0.39 is 0 Å². The summed E-state index contributed by atoms with van der Waals surface area (Å²) in [6.45, 7) is 0. The van der Waals surface area contributed by atoms with E-state index in [1.165, 1.54) is 6.42 Å². The largest absolute Gasteiger partial charge is 0.391 e. The Morgan fingerprint density at radius 3 is 3.00 bits per heavy atom. The standard InChI is InChI=1S/C13H16ClN3OS/c14-8-6-9-12(15-7-8)17(13(19)16-9)10-4-2-1-3-5-11(10)18/h6-7,10-11,18H,1-5H2,(H,16,19). The maximum atomic E-state index is 10.3. The molecule has 102 valence electrons. The second-order valence-electron chi connectivity index (χ2n) is 5.10. The number of nitrogens with one attached hydrogen (secondary N) is 1. The molecule has 2 aromatic rings. The molecule has 0 spiro atoms. The van der Waals surface area contributed by atoms with Crippen molar-refractivity contribution in [3.63, 3.8) is 0 Å². The first-order valence-electron chi connectivity index (χ1n) is 6.60. The first-order valence-corrected chi connectivity index (χ1v) is 7.39. The van der Waals surface area contributed by atoms with E-state index in [-0.39, 0.29) is 12.1 Å². The zero-order valence-corrected chi connectivity index (χ0v) is 12.0. The number of fused-ring (bicyclic) bond motifs is 1. The van der Waals surface area contributed by atoms with Gasteiger partial charge < -0.3 is 10.1 Å². The van der Waals surface area contributed by atoms with Crippen molar-refractivity contribution in [2.75, 3.05) is 0 Å². The van der Waals surface area contributed by atoms with Gasteiger partial charge in [-0.3, -0.25) is 4.57 Å². The molecule has 2 aromatic heterocycles. The highest BCUT2D eigenvalue weighted by Gasteiger charge is 2.25. The second kappa shape index (κ2) is 5.23. The van der Waals surface area contributed by atoms with Crippen molar-refractivity contribution in [1.82, 2.24) is 14.5 Å². The molecule has 3 rings (SSSR count). The van der Waals surface area contributed by atoms with Gasteiger partial charge in [0, 0.05) is 6.20 Å². The number of hydrogen-bond acceptors (Lipinski definition) is 3. The van der Waals surface area contributed by atoms with E-state index in [1.54, 1.807) is 6.20 Å². The van der Waals surface area contributed by atoms with Crippen molar-refractivity contribution >= 4 is 35.0 Å². The fourth-order valence-electron chi connectivity index (χ4n) is 2.86. The molecule has 0 bridgehead atoms. The van der Waals surface area contributed by atoms with Crippen molar-refractivity contribution in [3.8, 4) is 0 Å². The second-order valence-corrected chi connectivity index (χ2v) is 5.92. The number of aromatic nitrogens is 3. The molecule has 4 nitrogen and oxygen atoms in total. The third kappa shape index (κ3) is 2.42. The third-order valence-corrected chi connectivity index (χ3v) is 4.30. The van der Waals surface area contributed by atoms with E-state index in [0.29, 0.717) is 9.79 Å². The van der Waals surface area contributed by atoms with Crippen LogP contribution in [0.15, 0.2) is 12.3 Å². The molecule has 1 aliphatic rings. The monoisotopic (exact) mass is 297 g/mol. The molecule has 2 atom stereocenters. The molecule has 0 saturated heterocycles. The number of aliphatic hydroxyl groups excluding tert-OH is 1. The summed E-state index contributed by atoms with van der Waals surface area (Å²) in [7, 11) is 0. The van der Waals surface area contributed by atoms with E-state index in [1.807, 2.05) is 10.6 Å². The Hall–Kier alpha value is -0.910. The first-order chi connectivity index (χ1) is 9.16. The summed E-state index contributed by atoms with van der Waals surface area (Å²) in [5.74, 6) is 0. The number of aliphatic hydroxyl groups is 1. The van der Waals surface area contributed by atoms with Crippen molar-refractivity contribution in [2.24, 2.45) is 0 Å². The Bertz CT molecular complexity index is 651. The Labute approximate surface area is 121 Å². The summed E-state index contributed by atoms with van der Waals surface area (Å²) in [5.41, 5.74) is 1.61. The molecule has 0 radical (unpaired) electrons. The third-order valence-electron chi connectivity index (χ3n) is 3.80. The predicted molar refractivity (Wildman–Crippen MR) is 78.1 cm³/mol. The van der Waals surface area contributed by atoms with Gasteiger partial charge in [0.2, 0.25) is 0 Å². The van der Waals surface area contributed by atoms with Crippen molar-refractivity contribution in [3.05, 3.63) is 22.1 Å². The number of imidazole rings is 1. The molecule has 1 fully saturated rings. The van der Waals surface area contributed by atoms with Crippen LogP contribution in [-0.2, 0) is 0 Å². The van der Waals surface area contributed by atoms with E-state index in [4.69, 9.17) is 23.8 Å². The van der Waals surface area contributed by atoms with Crippen LogP contribution in [0.1, 0.15) is 38.1 Å². The van der Waals surface area contributed by atoms with E-state index in [0.717, 1.165) is 36.8 Å². The predicted octanol–water partition coefficient (Wildman–Crippen LogP) is 3.61. The lowest BCUT2D eigenvalue weighted by Crippen LogP contribution is -2.23. The number of nitrogens with zero attached hydrogens (tertiary/aromatic N) is 2. The summed E-state index contributed by atoms with van der Waals surface area (Å²) < 4.78 is 2.56. The molecule has 2 unspecified atom stereocenters. The Morgan fingerprint density at radius 2 is 2.16 bits per heavy atom. The summed E-state index contributed by atoms with van der Waals surface area (Å²) in [6, 6.07) is 1.83. The van der Waals surface area contributed by atoms with Crippen molar-refractivity contribution in [2.45, 2.75) is 44.2 Å². The highest BCUT2D eigenvalue weighted by molar-refractivity contribution is 7.71. The number of hydrogen-bond donors (Lipinski definition) is 2. The molecule has 0 aliphatic heterocycles. The van der Waals surface area contributed by atoms with Crippen LogP contribution in [0.4, 0.5) is 0 Å². The molecule has 0 aromatic carbocycles. The van der Waals surface area contributed by atoms with E-state index >= 15 is 0 Å². The van der Waals surface area contributed by atoms with Crippen LogP contribution in [0.5, 0.6) is 0 Å². The number of pyridine rings is 1. The lowest BCUT2D eigenvalue weighted by atomic mass is 10.1. The highest BCUT2D eigenvalue weighted by Crippen LogP contribution is 2.30. The number of aromatic amines is 1. The quantitative estimate of drug-likeness (QED) is 0.624. The van der Waals surface area contributed by atoms with Gasteiger partial charge in [0.15, 0.2) is 10.4 Å². The maximum Gasteiger partial charge on any atom is 0.179 e. The molecular weight excluding hydrogens is 282 g/mol. The van der Waals surface area contributed by atoms with Crippen LogP contribution < -0.4 is 0 Å². The van der Waals surface area contributed by atoms with Crippen molar-refractivity contribution < 1.29 is 5.11 Å². The molecule has 19 heavy (non-hydrogen) atoms. The SMILES string of the molecule is OC1CCCCCC1n1c(=S)[nH]c2cc(Cl)cnc21. The fraction of sp³-hybridized carbons (Fsp3) is 0.538. The molecule has 6 heteroatoms. The van der Waals surface area contributed by atoms with Gasteiger partial charge in [0.05, 0.1) is 22.7 Å². The van der Waals surface area contributed by atoms with Gasteiger partial charge in [0.25, 0.3) is 0 Å². The minimum absolute atomic E-state index is 0.0115. The molecule has 2 N–H and O–H groups in total. The average molecular weight is 298 g/mol. The van der Waals surface area contributed by atoms with Gasteiger partial charge in [0.1, 0.15) is 0 Å². The van der Waals surface area contributed by atoms with Crippen LogP contribution in [0, 0.1) is 4.77 Å². The normalized spacial score (nSPS) is 24.5. The van der Waals surface area contributed by atoms with Crippen LogP contribution in [0.2, 0.25) is 5.02 Å². The zero-order valence-electron chi connectivity index (χ0n) is 10.5. The van der Waals surface area contributed by atoms with Crippen LogP contribution >= 0.6 is 23.8 Å². The number of H-pyrrole nitrogens is 1. The lowest BCUT2D eigenvalue weighted by molar-refractivity contribution is 0.106. The van der Waals surface area contributed by atoms with Crippen molar-refractivity contribution in [1.29, 1.82) is 0 Å². The molecule has 1 saturated carbocycles. The summed E-state index contributed by atoms with van der Waals surface area (Å²) in [4.78, 5) is 7.49. The van der Waals surface area contributed by atoms with Gasteiger partial charge in [-0.25, -0.2) is 4.98 Å². The average Bonchev–Trinajstić information content (AvgIpc) is 2.54. The smallest absolute Gasteiger partial charge is 0.179 e. The fourth-order valence-corrected chi connectivity index (χ4v) is 3.35. The van der Waals surface area contributed by atoms with Gasteiger partial charge in [-0.15, -0.1) is 0 Å². The first kappa shape index (κ1) is 13.1. The minimum atomic E-state index is -0.356. The number of halogens is 1. The van der Waals surface area contributed by atoms with E-state index in [9.17, 15) is 5.11 Å². The Morgan fingerprint density at radius 1 is 1.37 bits per heavy atom.